The first-order chi connectivity index (χ1) is 19.5. The van der Waals surface area contributed by atoms with E-state index in [0.717, 1.165) is 31.7 Å². The molecule has 0 saturated carbocycles. The zero-order chi connectivity index (χ0) is 27.5. The zero-order valence-corrected chi connectivity index (χ0v) is 21.4. The lowest BCUT2D eigenvalue weighted by Crippen LogP contribution is -2.39. The second-order valence-corrected chi connectivity index (χ2v) is 10.00. The lowest BCUT2D eigenvalue weighted by Gasteiger charge is -2.20. The number of methoxy groups -OCH3 is 1. The molecule has 0 amide bonds. The van der Waals surface area contributed by atoms with E-state index in [1.165, 1.54) is 34.9 Å². The van der Waals surface area contributed by atoms with Crippen LogP contribution in [0.25, 0.3) is 43.1 Å². The largest absolute Gasteiger partial charge is 0.394 e. The lowest BCUT2D eigenvalue weighted by atomic mass is 9.88. The average Bonchev–Trinajstić information content (AvgIpc) is 3.30. The van der Waals surface area contributed by atoms with Gasteiger partial charge in [-0.2, -0.15) is 0 Å². The summed E-state index contributed by atoms with van der Waals surface area (Å²) < 4.78 is 12.1. The zero-order valence-electron chi connectivity index (χ0n) is 21.4. The Labute approximate surface area is 227 Å². The first kappa shape index (κ1) is 24.5. The predicted octanol–water partition coefficient (Wildman–Crippen LogP) is 3.25. The fraction of sp³-hybridized carbons (Fsp3) is 0.188. The topological polar surface area (TPSA) is 114 Å². The van der Waals surface area contributed by atoms with Gasteiger partial charge in [0.15, 0.2) is 6.23 Å². The molecule has 1 fully saturated rings. The predicted molar refractivity (Wildman–Crippen MR) is 153 cm³/mol. The third kappa shape index (κ3) is 3.57. The fourth-order valence-electron chi connectivity index (χ4n) is 6.00. The molecule has 40 heavy (non-hydrogen) atoms. The van der Waals surface area contributed by atoms with Crippen LogP contribution in [0.5, 0.6) is 0 Å². The molecule has 7 rings (SSSR count). The minimum absolute atomic E-state index is 0.0515. The minimum atomic E-state index is -1.15. The van der Waals surface area contributed by atoms with E-state index >= 15 is 0 Å². The summed E-state index contributed by atoms with van der Waals surface area (Å²) in [6, 6.07) is 22.8. The maximum Gasteiger partial charge on any atom is 0.330 e. The van der Waals surface area contributed by atoms with E-state index in [9.17, 15) is 19.8 Å². The van der Waals surface area contributed by atoms with Crippen molar-refractivity contribution < 1.29 is 19.7 Å². The molecule has 198 valence electrons. The van der Waals surface area contributed by atoms with E-state index in [0.29, 0.717) is 0 Å². The van der Waals surface area contributed by atoms with Crippen molar-refractivity contribution in [1.29, 1.82) is 0 Å². The van der Waals surface area contributed by atoms with Crippen LogP contribution in [-0.4, -0.2) is 51.8 Å². The standard InChI is InChI=1S/C32H24N2O6/c1-39-29-28(36)25(16-35)40-31(29)34-15-19(30(37)33-32(34)38)12-11-17-13-14-24-22-9-3-6-18-5-2-8-21(26(18)22)23-10-4-7-20(17)27(23)24/h2-10,13-15,25,28-29,31,35-36H,16H2,1H3,(H,33,37,38)/t25-,28-,29+,31-/m1/s1. The monoisotopic (exact) mass is 532 g/mol. The molecule has 1 aliphatic rings. The molecule has 0 unspecified atom stereocenters. The highest BCUT2D eigenvalue weighted by Crippen LogP contribution is 2.40. The Hall–Kier alpha value is -4.52. The summed E-state index contributed by atoms with van der Waals surface area (Å²) in [4.78, 5) is 27.6. The first-order valence-electron chi connectivity index (χ1n) is 12.9. The number of ether oxygens (including phenoxy) is 2. The second-order valence-electron chi connectivity index (χ2n) is 10.00. The van der Waals surface area contributed by atoms with E-state index in [2.05, 4.69) is 65.4 Å². The Balaban J connectivity index is 1.38. The molecule has 1 saturated heterocycles. The Morgan fingerprint density at radius 3 is 2.20 bits per heavy atom. The van der Waals surface area contributed by atoms with E-state index in [1.807, 2.05) is 18.2 Å². The summed E-state index contributed by atoms with van der Waals surface area (Å²) in [6.07, 6.45) is -2.75. The van der Waals surface area contributed by atoms with Crippen LogP contribution in [0.15, 0.2) is 82.5 Å². The van der Waals surface area contributed by atoms with Crippen LogP contribution in [0.3, 0.4) is 0 Å². The van der Waals surface area contributed by atoms with Crippen molar-refractivity contribution in [2.75, 3.05) is 13.7 Å². The number of aliphatic hydroxyl groups excluding tert-OH is 2. The third-order valence-electron chi connectivity index (χ3n) is 7.86. The van der Waals surface area contributed by atoms with Crippen molar-refractivity contribution in [2.45, 2.75) is 24.5 Å². The van der Waals surface area contributed by atoms with Crippen LogP contribution in [-0.2, 0) is 9.47 Å². The van der Waals surface area contributed by atoms with E-state index in [4.69, 9.17) is 9.47 Å². The van der Waals surface area contributed by atoms with Gasteiger partial charge in [0.1, 0.15) is 23.9 Å². The van der Waals surface area contributed by atoms with Crippen molar-refractivity contribution in [3.63, 3.8) is 0 Å². The molecule has 0 bridgehead atoms. The number of benzene rings is 5. The molecule has 0 aliphatic carbocycles. The Bertz CT molecular complexity index is 2070. The van der Waals surface area contributed by atoms with Gasteiger partial charge in [-0.3, -0.25) is 14.3 Å². The number of nitrogens with zero attached hydrogens (tertiary/aromatic N) is 1. The normalized spacial score (nSPS) is 21.0. The van der Waals surface area contributed by atoms with Crippen LogP contribution >= 0.6 is 0 Å². The number of hydrogen-bond donors (Lipinski definition) is 3. The SMILES string of the molecule is CO[C@H]1[C@H](O)[C@@H](CO)O[C@H]1n1cc(C#Cc2ccc3c4cccc5cccc(c6cccc2c63)c54)c(=O)[nH]c1=O. The van der Waals surface area contributed by atoms with Crippen LogP contribution in [0.2, 0.25) is 0 Å². The second kappa shape index (κ2) is 9.30. The summed E-state index contributed by atoms with van der Waals surface area (Å²) in [5.74, 6) is 6.07. The maximum absolute atomic E-state index is 12.7. The Morgan fingerprint density at radius 1 is 0.875 bits per heavy atom. The maximum atomic E-state index is 12.7. The Morgan fingerprint density at radius 2 is 1.50 bits per heavy atom. The van der Waals surface area contributed by atoms with Gasteiger partial charge in [-0.05, 0) is 49.2 Å². The molecule has 8 heteroatoms. The van der Waals surface area contributed by atoms with Gasteiger partial charge in [-0.15, -0.1) is 0 Å². The van der Waals surface area contributed by atoms with E-state index in [-0.39, 0.29) is 5.56 Å². The van der Waals surface area contributed by atoms with Gasteiger partial charge in [-0.1, -0.05) is 72.5 Å². The summed E-state index contributed by atoms with van der Waals surface area (Å²) in [6.45, 7) is -0.452. The quantitative estimate of drug-likeness (QED) is 0.183. The average molecular weight is 533 g/mol. The van der Waals surface area contributed by atoms with Gasteiger partial charge in [0, 0.05) is 18.9 Å². The molecule has 0 radical (unpaired) electrons. The molecular formula is C32H24N2O6. The number of rotatable bonds is 3. The third-order valence-corrected chi connectivity index (χ3v) is 7.86. The van der Waals surface area contributed by atoms with Gasteiger partial charge in [0.2, 0.25) is 0 Å². The van der Waals surface area contributed by atoms with Crippen LogP contribution in [0.4, 0.5) is 0 Å². The summed E-state index contributed by atoms with van der Waals surface area (Å²) in [5, 5.41) is 29.0. The van der Waals surface area contributed by atoms with Crippen LogP contribution in [0.1, 0.15) is 17.4 Å². The molecule has 4 atom stereocenters. The molecule has 5 aromatic carbocycles. The highest BCUT2D eigenvalue weighted by Gasteiger charge is 2.45. The summed E-state index contributed by atoms with van der Waals surface area (Å²) in [5.41, 5.74) is -0.575. The van der Waals surface area contributed by atoms with E-state index < -0.39 is 42.4 Å². The highest BCUT2D eigenvalue weighted by molar-refractivity contribution is 6.33. The number of nitrogens with one attached hydrogen (secondary N) is 1. The van der Waals surface area contributed by atoms with Gasteiger partial charge in [0.05, 0.1) is 6.61 Å². The minimum Gasteiger partial charge on any atom is -0.394 e. The highest BCUT2D eigenvalue weighted by atomic mass is 16.6. The molecule has 0 spiro atoms. The summed E-state index contributed by atoms with van der Waals surface area (Å²) >= 11 is 0. The van der Waals surface area contributed by atoms with Crippen LogP contribution < -0.4 is 11.2 Å². The van der Waals surface area contributed by atoms with E-state index in [1.54, 1.807) is 0 Å². The molecule has 2 heterocycles. The van der Waals surface area contributed by atoms with Gasteiger partial charge in [0.25, 0.3) is 5.56 Å². The molecule has 6 aromatic rings. The smallest absolute Gasteiger partial charge is 0.330 e. The van der Waals surface area contributed by atoms with Gasteiger partial charge < -0.3 is 19.7 Å². The lowest BCUT2D eigenvalue weighted by molar-refractivity contribution is -0.0625. The van der Waals surface area contributed by atoms with Crippen molar-refractivity contribution in [1.82, 2.24) is 9.55 Å². The van der Waals surface area contributed by atoms with Crippen molar-refractivity contribution in [2.24, 2.45) is 0 Å². The Kier molecular flexibility index (Phi) is 5.70. The number of aliphatic hydroxyl groups is 2. The molecular weight excluding hydrogens is 508 g/mol. The molecule has 1 aromatic heterocycles. The number of hydrogen-bond acceptors (Lipinski definition) is 6. The van der Waals surface area contributed by atoms with Crippen molar-refractivity contribution in [3.05, 3.63) is 105 Å². The van der Waals surface area contributed by atoms with Gasteiger partial charge >= 0.3 is 5.69 Å². The number of aromatic amines is 1. The van der Waals surface area contributed by atoms with Crippen molar-refractivity contribution in [3.8, 4) is 11.8 Å². The first-order valence-corrected chi connectivity index (χ1v) is 12.9. The molecule has 8 nitrogen and oxygen atoms in total. The number of fused-ring (bicyclic) bond motifs is 2. The molecule has 1 aliphatic heterocycles. The number of aromatic nitrogens is 2. The van der Waals surface area contributed by atoms with Gasteiger partial charge in [-0.25, -0.2) is 4.79 Å². The summed E-state index contributed by atoms with van der Waals surface area (Å²) in [7, 11) is 1.37. The van der Waals surface area contributed by atoms with Crippen molar-refractivity contribution >= 4 is 43.1 Å². The van der Waals surface area contributed by atoms with Crippen LogP contribution in [0, 0.1) is 11.8 Å². The fourth-order valence-corrected chi connectivity index (χ4v) is 6.00. The molecule has 3 N–H and O–H groups in total. The number of H-pyrrole nitrogens is 1.